The van der Waals surface area contributed by atoms with Gasteiger partial charge in [0.25, 0.3) is 0 Å². The van der Waals surface area contributed by atoms with E-state index in [1.807, 2.05) is 33.4 Å². The van der Waals surface area contributed by atoms with Crippen molar-refractivity contribution in [2.45, 2.75) is 19.4 Å². The molecule has 1 saturated heterocycles. The first-order chi connectivity index (χ1) is 16.0. The SMILES string of the molecule is COCCOC(=O)C1=C(C)N=C2SC=C(CC(=O)N3CCOCC3)N2[C@H]1c1cccc(Cl)c1. The Bertz CT molecular complexity index is 1020. The van der Waals surface area contributed by atoms with E-state index in [9.17, 15) is 9.59 Å². The number of allylic oxidation sites excluding steroid dienone is 1. The van der Waals surface area contributed by atoms with Gasteiger partial charge in [-0.2, -0.15) is 0 Å². The number of nitrogens with zero attached hydrogens (tertiary/aromatic N) is 3. The van der Waals surface area contributed by atoms with Crippen LogP contribution in [0.1, 0.15) is 24.9 Å². The summed E-state index contributed by atoms with van der Waals surface area (Å²) in [5.74, 6) is -0.445. The third-order valence-corrected chi connectivity index (χ3v) is 6.73. The van der Waals surface area contributed by atoms with Crippen LogP contribution in [0.25, 0.3) is 0 Å². The monoisotopic (exact) mass is 491 g/mol. The molecule has 4 rings (SSSR count). The molecule has 1 amide bonds. The molecule has 1 atom stereocenters. The molecule has 0 aliphatic carbocycles. The quantitative estimate of drug-likeness (QED) is 0.427. The Morgan fingerprint density at radius 3 is 2.79 bits per heavy atom. The summed E-state index contributed by atoms with van der Waals surface area (Å²) in [5.41, 5.74) is 2.61. The molecule has 8 nitrogen and oxygen atoms in total. The van der Waals surface area contributed by atoms with Crippen molar-refractivity contribution in [3.63, 3.8) is 0 Å². The number of carbonyl (C=O) groups excluding carboxylic acids is 2. The topological polar surface area (TPSA) is 80.7 Å². The number of methoxy groups -OCH3 is 1. The minimum atomic E-state index is -0.509. The first-order valence-electron chi connectivity index (χ1n) is 10.7. The summed E-state index contributed by atoms with van der Waals surface area (Å²) in [7, 11) is 1.55. The van der Waals surface area contributed by atoms with Gasteiger partial charge in [-0.3, -0.25) is 4.79 Å². The lowest BCUT2D eigenvalue weighted by molar-refractivity contribution is -0.141. The second kappa shape index (κ2) is 10.7. The van der Waals surface area contributed by atoms with E-state index >= 15 is 0 Å². The number of thioether (sulfide) groups is 1. The maximum absolute atomic E-state index is 13.1. The molecule has 3 aliphatic rings. The van der Waals surface area contributed by atoms with Crippen LogP contribution in [-0.4, -0.2) is 73.5 Å². The molecule has 0 bridgehead atoms. The molecule has 3 heterocycles. The number of aliphatic imine (C=N–C) groups is 1. The van der Waals surface area contributed by atoms with Gasteiger partial charge >= 0.3 is 5.97 Å². The zero-order chi connectivity index (χ0) is 23.4. The lowest BCUT2D eigenvalue weighted by atomic mass is 9.94. The van der Waals surface area contributed by atoms with Crippen molar-refractivity contribution in [3.8, 4) is 0 Å². The number of amidine groups is 1. The maximum atomic E-state index is 13.1. The number of ether oxygens (including phenoxy) is 3. The molecule has 1 aromatic carbocycles. The van der Waals surface area contributed by atoms with E-state index in [0.717, 1.165) is 16.4 Å². The van der Waals surface area contributed by atoms with E-state index in [1.165, 1.54) is 11.8 Å². The number of hydrogen-bond acceptors (Lipinski definition) is 8. The van der Waals surface area contributed by atoms with Gasteiger partial charge in [-0.25, -0.2) is 9.79 Å². The van der Waals surface area contributed by atoms with Gasteiger partial charge in [-0.1, -0.05) is 35.5 Å². The number of carbonyl (C=O) groups is 2. The van der Waals surface area contributed by atoms with Gasteiger partial charge in [-0.15, -0.1) is 0 Å². The normalized spacial score (nSPS) is 20.4. The average Bonchev–Trinajstić information content (AvgIpc) is 3.20. The molecule has 33 heavy (non-hydrogen) atoms. The lowest BCUT2D eigenvalue weighted by Gasteiger charge is -2.37. The van der Waals surface area contributed by atoms with Gasteiger partial charge < -0.3 is 24.0 Å². The molecule has 1 aromatic rings. The van der Waals surface area contributed by atoms with Crippen LogP contribution in [0.5, 0.6) is 0 Å². The van der Waals surface area contributed by atoms with Gasteiger partial charge in [0.05, 0.1) is 43.6 Å². The molecular formula is C23H26ClN3O5S. The summed E-state index contributed by atoms with van der Waals surface area (Å²) in [4.78, 5) is 34.6. The summed E-state index contributed by atoms with van der Waals surface area (Å²) in [6.45, 7) is 4.47. The number of hydrogen-bond donors (Lipinski definition) is 0. The van der Waals surface area contributed by atoms with Crippen molar-refractivity contribution in [2.24, 2.45) is 4.99 Å². The zero-order valence-electron chi connectivity index (χ0n) is 18.6. The van der Waals surface area contributed by atoms with Crippen LogP contribution < -0.4 is 0 Å². The largest absolute Gasteiger partial charge is 0.460 e. The highest BCUT2D eigenvalue weighted by molar-refractivity contribution is 8.16. The Labute approximate surface area is 202 Å². The summed E-state index contributed by atoms with van der Waals surface area (Å²) < 4.78 is 15.8. The van der Waals surface area contributed by atoms with Crippen LogP contribution in [0.4, 0.5) is 0 Å². The highest BCUT2D eigenvalue weighted by Crippen LogP contribution is 2.45. The second-order valence-corrected chi connectivity index (χ2v) is 9.02. The highest BCUT2D eigenvalue weighted by Gasteiger charge is 2.41. The average molecular weight is 492 g/mol. The first kappa shape index (κ1) is 23.8. The Kier molecular flexibility index (Phi) is 7.75. The maximum Gasteiger partial charge on any atom is 0.338 e. The van der Waals surface area contributed by atoms with Crippen molar-refractivity contribution >= 4 is 40.4 Å². The van der Waals surface area contributed by atoms with E-state index in [1.54, 1.807) is 20.1 Å². The van der Waals surface area contributed by atoms with Gasteiger partial charge in [0, 0.05) is 30.9 Å². The minimum Gasteiger partial charge on any atom is -0.460 e. The zero-order valence-corrected chi connectivity index (χ0v) is 20.2. The molecule has 0 saturated carbocycles. The Morgan fingerprint density at radius 1 is 1.27 bits per heavy atom. The first-order valence-corrected chi connectivity index (χ1v) is 12.0. The fourth-order valence-corrected chi connectivity index (χ4v) is 5.16. The molecule has 1 fully saturated rings. The number of morpholine rings is 1. The second-order valence-electron chi connectivity index (χ2n) is 7.75. The van der Waals surface area contributed by atoms with Crippen LogP contribution in [0, 0.1) is 0 Å². The van der Waals surface area contributed by atoms with Crippen LogP contribution >= 0.6 is 23.4 Å². The molecule has 0 spiro atoms. The van der Waals surface area contributed by atoms with E-state index < -0.39 is 12.0 Å². The number of fused-ring (bicyclic) bond motifs is 1. The summed E-state index contributed by atoms with van der Waals surface area (Å²) in [6, 6.07) is 6.87. The van der Waals surface area contributed by atoms with Gasteiger partial charge in [0.1, 0.15) is 6.61 Å². The van der Waals surface area contributed by atoms with E-state index in [0.29, 0.717) is 49.2 Å². The number of rotatable bonds is 7. The predicted molar refractivity (Wildman–Crippen MR) is 127 cm³/mol. The van der Waals surface area contributed by atoms with Crippen LogP contribution in [0.15, 0.2) is 51.6 Å². The van der Waals surface area contributed by atoms with Gasteiger partial charge in [0.2, 0.25) is 5.91 Å². The Balaban J connectivity index is 1.66. The molecule has 10 heteroatoms. The van der Waals surface area contributed by atoms with Crippen LogP contribution in [0.3, 0.4) is 0 Å². The van der Waals surface area contributed by atoms with Crippen LogP contribution in [0.2, 0.25) is 5.02 Å². The lowest BCUT2D eigenvalue weighted by Crippen LogP contribution is -2.42. The van der Waals surface area contributed by atoms with Gasteiger partial charge in [0.15, 0.2) is 5.17 Å². The van der Waals surface area contributed by atoms with Gasteiger partial charge in [-0.05, 0) is 30.0 Å². The standard InChI is InChI=1S/C23H26ClN3O5S/c1-15-20(22(29)32-11-10-30-2)21(16-4-3-5-17(24)12-16)27-18(14-33-23(27)25-15)13-19(28)26-6-8-31-9-7-26/h3-5,12,14,21H,6-11,13H2,1-2H3/t21-/m0/s1. The molecular weight excluding hydrogens is 466 g/mol. The third-order valence-electron chi connectivity index (χ3n) is 5.60. The number of esters is 1. The predicted octanol–water partition coefficient (Wildman–Crippen LogP) is 3.35. The molecule has 176 valence electrons. The fourth-order valence-electron chi connectivity index (χ4n) is 4.00. The number of amides is 1. The summed E-state index contributed by atoms with van der Waals surface area (Å²) >= 11 is 7.75. The number of benzene rings is 1. The van der Waals surface area contributed by atoms with E-state index in [4.69, 9.17) is 25.8 Å². The smallest absolute Gasteiger partial charge is 0.338 e. The highest BCUT2D eigenvalue weighted by atomic mass is 35.5. The van der Waals surface area contributed by atoms with Crippen molar-refractivity contribution in [2.75, 3.05) is 46.6 Å². The third kappa shape index (κ3) is 5.27. The van der Waals surface area contributed by atoms with Crippen molar-refractivity contribution in [1.29, 1.82) is 0 Å². The molecule has 3 aliphatic heterocycles. The van der Waals surface area contributed by atoms with Crippen molar-refractivity contribution in [3.05, 3.63) is 57.2 Å². The molecule has 0 unspecified atom stereocenters. The minimum absolute atomic E-state index is 0.0201. The Hall–Kier alpha value is -2.33. The van der Waals surface area contributed by atoms with E-state index in [-0.39, 0.29) is 18.9 Å². The Morgan fingerprint density at radius 2 is 2.06 bits per heavy atom. The summed E-state index contributed by atoms with van der Waals surface area (Å²) in [6.07, 6.45) is 0.203. The van der Waals surface area contributed by atoms with Crippen molar-refractivity contribution < 1.29 is 23.8 Å². The molecule has 0 aromatic heterocycles. The summed E-state index contributed by atoms with van der Waals surface area (Å²) in [5, 5.41) is 3.21. The van der Waals surface area contributed by atoms with Crippen LogP contribution in [-0.2, 0) is 23.8 Å². The van der Waals surface area contributed by atoms with Crippen molar-refractivity contribution in [1.82, 2.24) is 9.80 Å². The number of halogens is 1. The fraction of sp³-hybridized carbons (Fsp3) is 0.435. The molecule has 0 radical (unpaired) electrons. The molecule has 0 N–H and O–H groups in total. The van der Waals surface area contributed by atoms with E-state index in [2.05, 4.69) is 4.99 Å².